The largest absolute Gasteiger partial charge is 0.497 e. The van der Waals surface area contributed by atoms with Crippen LogP contribution < -0.4 is 15.4 Å². The van der Waals surface area contributed by atoms with Crippen LogP contribution in [0.2, 0.25) is 0 Å². The van der Waals surface area contributed by atoms with E-state index in [0.29, 0.717) is 12.5 Å². The molecule has 164 valence electrons. The average Bonchev–Trinajstić information content (AvgIpc) is 3.26. The van der Waals surface area contributed by atoms with Gasteiger partial charge in [0.25, 0.3) is 0 Å². The molecule has 1 aromatic heterocycles. The highest BCUT2D eigenvalue weighted by molar-refractivity contribution is 5.79. The Bertz CT molecular complexity index is 808. The van der Waals surface area contributed by atoms with Crippen molar-refractivity contribution in [3.05, 3.63) is 47.3 Å². The molecule has 30 heavy (non-hydrogen) atoms. The molecule has 0 amide bonds. The molecule has 3 rings (SSSR count). The normalized spacial score (nSPS) is 16.5. The maximum absolute atomic E-state index is 5.65. The van der Waals surface area contributed by atoms with E-state index in [2.05, 4.69) is 48.7 Å². The molecule has 1 saturated heterocycles. The molecule has 0 atom stereocenters. The molecule has 0 radical (unpaired) electrons. The average molecular weight is 415 g/mol. The van der Waals surface area contributed by atoms with E-state index in [1.807, 2.05) is 18.2 Å². The number of methoxy groups -OCH3 is 1. The van der Waals surface area contributed by atoms with E-state index in [1.54, 1.807) is 7.11 Å². The van der Waals surface area contributed by atoms with Crippen molar-refractivity contribution in [1.82, 2.24) is 15.8 Å². The molecule has 0 bridgehead atoms. The second-order valence-corrected chi connectivity index (χ2v) is 8.04. The van der Waals surface area contributed by atoms with Gasteiger partial charge in [0.05, 0.1) is 12.8 Å². The number of nitrogens with one attached hydrogen (secondary N) is 2. The number of guanidine groups is 1. The van der Waals surface area contributed by atoms with Gasteiger partial charge in [-0.2, -0.15) is 0 Å². The number of nitrogens with zero attached hydrogens (tertiary/aromatic N) is 2. The summed E-state index contributed by atoms with van der Waals surface area (Å²) < 4.78 is 16.4. The van der Waals surface area contributed by atoms with Crippen molar-refractivity contribution in [2.75, 3.05) is 33.4 Å². The third kappa shape index (κ3) is 5.53. The molecule has 1 aliphatic heterocycles. The fraction of sp³-hybridized carbons (Fsp3) is 0.565. The quantitative estimate of drug-likeness (QED) is 0.507. The standard InChI is InChI=1S/C23H34N4O3/c1-5-24-22(25-15-20-14-21(17(2)3)27-30-20)26-16-23(10-12-29-13-11-23)18-6-8-19(28-4)9-7-18/h6-9,14,17H,5,10-13,15-16H2,1-4H3,(H2,24,25,26). The zero-order valence-electron chi connectivity index (χ0n) is 18.5. The first-order valence-electron chi connectivity index (χ1n) is 10.8. The maximum atomic E-state index is 5.65. The van der Waals surface area contributed by atoms with Gasteiger partial charge in [0.15, 0.2) is 11.7 Å². The van der Waals surface area contributed by atoms with E-state index in [-0.39, 0.29) is 5.41 Å². The van der Waals surface area contributed by atoms with Gasteiger partial charge in [0, 0.05) is 37.8 Å². The van der Waals surface area contributed by atoms with Gasteiger partial charge in [-0.15, -0.1) is 0 Å². The molecule has 0 aliphatic carbocycles. The van der Waals surface area contributed by atoms with Gasteiger partial charge in [-0.3, -0.25) is 0 Å². The van der Waals surface area contributed by atoms with E-state index in [9.17, 15) is 0 Å². The predicted octanol–water partition coefficient (Wildman–Crippen LogP) is 3.61. The maximum Gasteiger partial charge on any atom is 0.191 e. The Morgan fingerprint density at radius 1 is 1.20 bits per heavy atom. The molecule has 7 heteroatoms. The molecule has 2 heterocycles. The fourth-order valence-corrected chi connectivity index (χ4v) is 3.70. The Morgan fingerprint density at radius 2 is 1.93 bits per heavy atom. The zero-order valence-corrected chi connectivity index (χ0v) is 18.5. The first kappa shape index (κ1) is 22.2. The van der Waals surface area contributed by atoms with Crippen LogP contribution in [0.1, 0.15) is 56.5 Å². The summed E-state index contributed by atoms with van der Waals surface area (Å²) in [6, 6.07) is 10.4. The van der Waals surface area contributed by atoms with E-state index in [1.165, 1.54) is 5.56 Å². The van der Waals surface area contributed by atoms with Crippen molar-refractivity contribution < 1.29 is 14.0 Å². The van der Waals surface area contributed by atoms with Crippen LogP contribution in [0.3, 0.4) is 0 Å². The van der Waals surface area contributed by atoms with Gasteiger partial charge < -0.3 is 24.6 Å². The van der Waals surface area contributed by atoms with E-state index < -0.39 is 0 Å². The van der Waals surface area contributed by atoms with Gasteiger partial charge in [0.1, 0.15) is 12.3 Å². The number of ether oxygens (including phenoxy) is 2. The summed E-state index contributed by atoms with van der Waals surface area (Å²) in [6.45, 7) is 9.81. The summed E-state index contributed by atoms with van der Waals surface area (Å²) in [7, 11) is 1.69. The molecule has 1 aromatic carbocycles. The van der Waals surface area contributed by atoms with Crippen molar-refractivity contribution in [3.8, 4) is 5.75 Å². The minimum Gasteiger partial charge on any atom is -0.497 e. The zero-order chi connectivity index (χ0) is 21.4. The first-order chi connectivity index (χ1) is 14.6. The smallest absolute Gasteiger partial charge is 0.191 e. The van der Waals surface area contributed by atoms with Crippen molar-refractivity contribution in [2.24, 2.45) is 4.99 Å². The molecule has 0 saturated carbocycles. The van der Waals surface area contributed by atoms with Crippen LogP contribution >= 0.6 is 0 Å². The minimum absolute atomic E-state index is 0.00222. The van der Waals surface area contributed by atoms with Crippen LogP contribution in [-0.4, -0.2) is 44.5 Å². The number of hydrogen-bond acceptors (Lipinski definition) is 5. The van der Waals surface area contributed by atoms with Crippen LogP contribution in [0, 0.1) is 0 Å². The second-order valence-electron chi connectivity index (χ2n) is 8.04. The Balaban J connectivity index is 1.71. The second kappa shape index (κ2) is 10.5. The highest BCUT2D eigenvalue weighted by Crippen LogP contribution is 2.35. The van der Waals surface area contributed by atoms with Crippen molar-refractivity contribution in [3.63, 3.8) is 0 Å². The van der Waals surface area contributed by atoms with Gasteiger partial charge in [-0.05, 0) is 43.4 Å². The summed E-state index contributed by atoms with van der Waals surface area (Å²) in [5.41, 5.74) is 2.25. The molecular weight excluding hydrogens is 380 g/mol. The molecule has 7 nitrogen and oxygen atoms in total. The fourth-order valence-electron chi connectivity index (χ4n) is 3.70. The monoisotopic (exact) mass is 414 g/mol. The van der Waals surface area contributed by atoms with Gasteiger partial charge in [-0.1, -0.05) is 31.1 Å². The lowest BCUT2D eigenvalue weighted by atomic mass is 9.74. The van der Waals surface area contributed by atoms with Gasteiger partial charge >= 0.3 is 0 Å². The third-order valence-corrected chi connectivity index (χ3v) is 5.65. The number of aromatic nitrogens is 1. The summed E-state index contributed by atoms with van der Waals surface area (Å²) in [4.78, 5) is 4.70. The summed E-state index contributed by atoms with van der Waals surface area (Å²) in [5.74, 6) is 2.76. The van der Waals surface area contributed by atoms with E-state index in [4.69, 9.17) is 19.0 Å². The number of benzene rings is 1. The Labute approximate surface area is 179 Å². The molecule has 2 aromatic rings. The van der Waals surface area contributed by atoms with Crippen LogP contribution in [0.25, 0.3) is 0 Å². The van der Waals surface area contributed by atoms with Crippen molar-refractivity contribution >= 4 is 5.96 Å². The van der Waals surface area contributed by atoms with E-state index in [0.717, 1.165) is 62.3 Å². The van der Waals surface area contributed by atoms with Crippen LogP contribution in [0.15, 0.2) is 39.8 Å². The molecule has 0 unspecified atom stereocenters. The number of hydrogen-bond donors (Lipinski definition) is 2. The lowest BCUT2D eigenvalue weighted by molar-refractivity contribution is 0.0513. The van der Waals surface area contributed by atoms with Crippen LogP contribution in [0.4, 0.5) is 0 Å². The summed E-state index contributed by atoms with van der Waals surface area (Å²) >= 11 is 0. The van der Waals surface area contributed by atoms with Crippen LogP contribution in [0.5, 0.6) is 5.75 Å². The molecule has 0 spiro atoms. The first-order valence-corrected chi connectivity index (χ1v) is 10.8. The Kier molecular flexibility index (Phi) is 7.74. The predicted molar refractivity (Wildman–Crippen MR) is 118 cm³/mol. The Hall–Kier alpha value is -2.54. The molecular formula is C23H34N4O3. The highest BCUT2D eigenvalue weighted by Gasteiger charge is 2.34. The third-order valence-electron chi connectivity index (χ3n) is 5.65. The molecule has 1 aliphatic rings. The minimum atomic E-state index is -0.00222. The SMILES string of the molecule is CCNC(=NCc1cc(C(C)C)no1)NCC1(c2ccc(OC)cc2)CCOCC1. The lowest BCUT2D eigenvalue weighted by Gasteiger charge is -2.38. The summed E-state index contributed by atoms with van der Waals surface area (Å²) in [6.07, 6.45) is 1.93. The van der Waals surface area contributed by atoms with Crippen molar-refractivity contribution in [2.45, 2.75) is 51.5 Å². The van der Waals surface area contributed by atoms with Crippen molar-refractivity contribution in [1.29, 1.82) is 0 Å². The van der Waals surface area contributed by atoms with Gasteiger partial charge in [-0.25, -0.2) is 4.99 Å². The molecule has 2 N–H and O–H groups in total. The molecule has 1 fully saturated rings. The highest BCUT2D eigenvalue weighted by atomic mass is 16.5. The summed E-state index contributed by atoms with van der Waals surface area (Å²) in [5, 5.41) is 11.0. The van der Waals surface area contributed by atoms with Crippen LogP contribution in [-0.2, 0) is 16.7 Å². The van der Waals surface area contributed by atoms with E-state index >= 15 is 0 Å². The Morgan fingerprint density at radius 3 is 2.53 bits per heavy atom. The topological polar surface area (TPSA) is 80.9 Å². The lowest BCUT2D eigenvalue weighted by Crippen LogP contribution is -2.48. The number of aliphatic imine (C=N–C) groups is 1. The van der Waals surface area contributed by atoms with Gasteiger partial charge in [0.2, 0.25) is 0 Å². The number of rotatable bonds is 8.